The van der Waals surface area contributed by atoms with Gasteiger partial charge in [-0.1, -0.05) is 59.6 Å². The van der Waals surface area contributed by atoms with Crippen LogP contribution in [0.2, 0.25) is 10.0 Å². The summed E-state index contributed by atoms with van der Waals surface area (Å²) < 4.78 is 5.59. The highest BCUT2D eigenvalue weighted by Crippen LogP contribution is 2.28. The standard InChI is InChI=1S/C20H16Cl2N2O2S/c1-12(26-18-10-9-14(21)11-16(18)22)19(25)24-20(27)23-17-8-4-6-13-5-2-3-7-15(13)17/h2-12H,1H3,(H2,23,24,25,27). The van der Waals surface area contributed by atoms with E-state index >= 15 is 0 Å². The largest absolute Gasteiger partial charge is 0.479 e. The van der Waals surface area contributed by atoms with Crippen molar-refractivity contribution in [2.24, 2.45) is 0 Å². The van der Waals surface area contributed by atoms with Gasteiger partial charge in [-0.3, -0.25) is 10.1 Å². The Morgan fingerprint density at radius 2 is 1.81 bits per heavy atom. The van der Waals surface area contributed by atoms with Crippen LogP contribution in [0, 0.1) is 0 Å². The van der Waals surface area contributed by atoms with E-state index in [2.05, 4.69) is 10.6 Å². The summed E-state index contributed by atoms with van der Waals surface area (Å²) in [5, 5.41) is 8.78. The molecule has 3 aromatic carbocycles. The summed E-state index contributed by atoms with van der Waals surface area (Å²) in [6, 6.07) is 18.5. The minimum Gasteiger partial charge on any atom is -0.479 e. The summed E-state index contributed by atoms with van der Waals surface area (Å²) in [6.45, 7) is 1.61. The number of carbonyl (C=O) groups excluding carboxylic acids is 1. The average molecular weight is 419 g/mol. The lowest BCUT2D eigenvalue weighted by molar-refractivity contribution is -0.125. The quantitative estimate of drug-likeness (QED) is 0.554. The van der Waals surface area contributed by atoms with E-state index in [-0.39, 0.29) is 5.11 Å². The number of benzene rings is 3. The molecule has 7 heteroatoms. The van der Waals surface area contributed by atoms with Gasteiger partial charge in [-0.15, -0.1) is 0 Å². The maximum atomic E-state index is 12.4. The molecule has 1 unspecified atom stereocenters. The van der Waals surface area contributed by atoms with Crippen LogP contribution in [0.4, 0.5) is 5.69 Å². The van der Waals surface area contributed by atoms with Gasteiger partial charge in [0.1, 0.15) is 5.75 Å². The minimum absolute atomic E-state index is 0.189. The van der Waals surface area contributed by atoms with Crippen molar-refractivity contribution in [3.63, 3.8) is 0 Å². The van der Waals surface area contributed by atoms with Crippen molar-refractivity contribution >= 4 is 62.9 Å². The number of halogens is 2. The number of amides is 1. The molecule has 0 aliphatic rings. The Kier molecular flexibility index (Phi) is 6.16. The van der Waals surface area contributed by atoms with E-state index in [1.165, 1.54) is 0 Å². The monoisotopic (exact) mass is 418 g/mol. The molecule has 0 aromatic heterocycles. The average Bonchev–Trinajstić information content (AvgIpc) is 2.64. The molecular weight excluding hydrogens is 403 g/mol. The molecule has 0 bridgehead atoms. The van der Waals surface area contributed by atoms with Crippen molar-refractivity contribution in [3.05, 3.63) is 70.7 Å². The van der Waals surface area contributed by atoms with Crippen molar-refractivity contribution in [1.82, 2.24) is 5.32 Å². The molecule has 3 aromatic rings. The number of carbonyl (C=O) groups is 1. The van der Waals surface area contributed by atoms with Crippen LogP contribution in [0.5, 0.6) is 5.75 Å². The molecule has 2 N–H and O–H groups in total. The number of rotatable bonds is 4. The molecule has 1 atom stereocenters. The first-order valence-electron chi connectivity index (χ1n) is 8.15. The van der Waals surface area contributed by atoms with Gasteiger partial charge in [-0.2, -0.15) is 0 Å². The molecule has 3 rings (SSSR count). The molecule has 1 amide bonds. The Balaban J connectivity index is 1.63. The lowest BCUT2D eigenvalue weighted by atomic mass is 10.1. The Bertz CT molecular complexity index is 1000. The van der Waals surface area contributed by atoms with Crippen LogP contribution in [-0.2, 0) is 4.79 Å². The Labute approximate surface area is 172 Å². The van der Waals surface area contributed by atoms with Gasteiger partial charge < -0.3 is 10.1 Å². The number of thiocarbonyl (C=S) groups is 1. The number of hydrogen-bond donors (Lipinski definition) is 2. The molecule has 27 heavy (non-hydrogen) atoms. The summed E-state index contributed by atoms with van der Waals surface area (Å²) in [4.78, 5) is 12.4. The maximum Gasteiger partial charge on any atom is 0.266 e. The van der Waals surface area contributed by atoms with Gasteiger partial charge in [0, 0.05) is 16.1 Å². The van der Waals surface area contributed by atoms with Gasteiger partial charge in [-0.05, 0) is 48.8 Å². The van der Waals surface area contributed by atoms with Crippen LogP contribution in [-0.4, -0.2) is 17.1 Å². The Morgan fingerprint density at radius 1 is 1.07 bits per heavy atom. The minimum atomic E-state index is -0.795. The molecule has 0 saturated heterocycles. The van der Waals surface area contributed by atoms with Gasteiger partial charge >= 0.3 is 0 Å². The first-order chi connectivity index (χ1) is 12.9. The molecule has 0 fully saturated rings. The topological polar surface area (TPSA) is 50.4 Å². The third-order valence-electron chi connectivity index (χ3n) is 3.84. The van der Waals surface area contributed by atoms with Crippen LogP contribution in [0.15, 0.2) is 60.7 Å². The summed E-state index contributed by atoms with van der Waals surface area (Å²) >= 11 is 17.2. The number of anilines is 1. The number of hydrogen-bond acceptors (Lipinski definition) is 3. The fourth-order valence-electron chi connectivity index (χ4n) is 2.52. The second-order valence-electron chi connectivity index (χ2n) is 5.80. The van der Waals surface area contributed by atoms with E-state index < -0.39 is 12.0 Å². The normalized spacial score (nSPS) is 11.7. The third kappa shape index (κ3) is 4.89. The van der Waals surface area contributed by atoms with Crippen molar-refractivity contribution in [2.45, 2.75) is 13.0 Å². The highest BCUT2D eigenvalue weighted by Gasteiger charge is 2.17. The van der Waals surface area contributed by atoms with Crippen LogP contribution >= 0.6 is 35.4 Å². The molecular formula is C20H16Cl2N2O2S. The fourth-order valence-corrected chi connectivity index (χ4v) is 3.18. The maximum absolute atomic E-state index is 12.4. The van der Waals surface area contributed by atoms with Gasteiger partial charge in [0.2, 0.25) is 0 Å². The van der Waals surface area contributed by atoms with Crippen molar-refractivity contribution in [3.8, 4) is 5.75 Å². The third-order valence-corrected chi connectivity index (χ3v) is 4.58. The second kappa shape index (κ2) is 8.57. The van der Waals surface area contributed by atoms with Crippen LogP contribution < -0.4 is 15.4 Å². The summed E-state index contributed by atoms with van der Waals surface area (Å²) in [5.74, 6) is -0.0181. The zero-order valence-corrected chi connectivity index (χ0v) is 16.7. The predicted molar refractivity (Wildman–Crippen MR) is 115 cm³/mol. The SMILES string of the molecule is CC(Oc1ccc(Cl)cc1Cl)C(=O)NC(=S)Nc1cccc2ccccc12. The molecule has 138 valence electrons. The Hall–Kier alpha value is -2.34. The zero-order valence-electron chi connectivity index (χ0n) is 14.3. The molecule has 0 aliphatic carbocycles. The molecule has 0 radical (unpaired) electrons. The van der Waals surface area contributed by atoms with Gasteiger partial charge in [0.15, 0.2) is 11.2 Å². The number of ether oxygens (including phenoxy) is 1. The molecule has 0 spiro atoms. The molecule has 0 aliphatic heterocycles. The van der Waals surface area contributed by atoms with Crippen LogP contribution in [0.3, 0.4) is 0 Å². The molecule has 0 heterocycles. The van der Waals surface area contributed by atoms with E-state index in [0.29, 0.717) is 15.8 Å². The first kappa shape index (κ1) is 19.4. The van der Waals surface area contributed by atoms with E-state index in [9.17, 15) is 4.79 Å². The van der Waals surface area contributed by atoms with Crippen LogP contribution in [0.25, 0.3) is 10.8 Å². The smallest absolute Gasteiger partial charge is 0.266 e. The highest BCUT2D eigenvalue weighted by atomic mass is 35.5. The van der Waals surface area contributed by atoms with E-state index in [1.807, 2.05) is 42.5 Å². The van der Waals surface area contributed by atoms with Gasteiger partial charge in [-0.25, -0.2) is 0 Å². The van der Waals surface area contributed by atoms with Gasteiger partial charge in [0.05, 0.1) is 5.02 Å². The summed E-state index contributed by atoms with van der Waals surface area (Å²) in [5.41, 5.74) is 0.813. The lowest BCUT2D eigenvalue weighted by Gasteiger charge is -2.17. The van der Waals surface area contributed by atoms with Crippen molar-refractivity contribution in [1.29, 1.82) is 0 Å². The second-order valence-corrected chi connectivity index (χ2v) is 7.06. The first-order valence-corrected chi connectivity index (χ1v) is 9.32. The number of nitrogens with one attached hydrogen (secondary N) is 2. The number of fused-ring (bicyclic) bond motifs is 1. The molecule has 4 nitrogen and oxygen atoms in total. The lowest BCUT2D eigenvalue weighted by Crippen LogP contribution is -2.42. The summed E-state index contributed by atoms with van der Waals surface area (Å²) in [6.07, 6.45) is -0.795. The fraction of sp³-hybridized carbons (Fsp3) is 0.100. The van der Waals surface area contributed by atoms with Crippen LogP contribution in [0.1, 0.15) is 6.92 Å². The zero-order chi connectivity index (χ0) is 19.4. The van der Waals surface area contributed by atoms with E-state index in [1.54, 1.807) is 25.1 Å². The Morgan fingerprint density at radius 3 is 2.59 bits per heavy atom. The van der Waals surface area contributed by atoms with Gasteiger partial charge in [0.25, 0.3) is 5.91 Å². The summed E-state index contributed by atoms with van der Waals surface area (Å²) in [7, 11) is 0. The predicted octanol–water partition coefficient (Wildman–Crippen LogP) is 5.43. The highest BCUT2D eigenvalue weighted by molar-refractivity contribution is 7.80. The molecule has 0 saturated carbocycles. The van der Waals surface area contributed by atoms with E-state index in [4.69, 9.17) is 40.2 Å². The van der Waals surface area contributed by atoms with Crippen molar-refractivity contribution < 1.29 is 9.53 Å². The van der Waals surface area contributed by atoms with Crippen molar-refractivity contribution in [2.75, 3.05) is 5.32 Å². The van der Waals surface area contributed by atoms with E-state index in [0.717, 1.165) is 16.5 Å².